The van der Waals surface area contributed by atoms with E-state index in [1.165, 1.54) is 11.1 Å². The quantitative estimate of drug-likeness (QED) is 0.194. The van der Waals surface area contributed by atoms with E-state index >= 15 is 0 Å². The van der Waals surface area contributed by atoms with E-state index in [4.69, 9.17) is 16.6 Å². The fourth-order valence-corrected chi connectivity index (χ4v) is 5.13. The molecule has 2 aromatic heterocycles. The number of hydrazone groups is 1. The van der Waals surface area contributed by atoms with Gasteiger partial charge < -0.3 is 4.57 Å². The second kappa shape index (κ2) is 9.83. The van der Waals surface area contributed by atoms with Crippen molar-refractivity contribution in [3.05, 3.63) is 99.7 Å². The highest BCUT2D eigenvalue weighted by atomic mass is 35.5. The summed E-state index contributed by atoms with van der Waals surface area (Å²) in [4.78, 5) is 18.2. The van der Waals surface area contributed by atoms with Crippen molar-refractivity contribution in [2.75, 3.05) is 0 Å². The first kappa shape index (κ1) is 24.7. The number of aromatic nitrogens is 2. The van der Waals surface area contributed by atoms with Crippen molar-refractivity contribution in [3.8, 4) is 11.3 Å². The van der Waals surface area contributed by atoms with Crippen molar-refractivity contribution in [3.63, 3.8) is 0 Å². The van der Waals surface area contributed by atoms with Crippen molar-refractivity contribution in [2.45, 2.75) is 40.7 Å². The number of aryl methyl sites for hydroxylation is 2. The Hall–Kier alpha value is -3.96. The zero-order chi connectivity index (χ0) is 26.3. The van der Waals surface area contributed by atoms with Crippen LogP contribution in [0.1, 0.15) is 52.6 Å². The normalized spacial score (nSPS) is 11.8. The first-order chi connectivity index (χ1) is 17.7. The molecule has 0 saturated carbocycles. The van der Waals surface area contributed by atoms with Crippen molar-refractivity contribution in [2.24, 2.45) is 5.10 Å². The van der Waals surface area contributed by atoms with E-state index in [0.717, 1.165) is 38.7 Å². The lowest BCUT2D eigenvalue weighted by Gasteiger charge is -2.13. The van der Waals surface area contributed by atoms with Crippen LogP contribution in [0, 0.1) is 20.8 Å². The van der Waals surface area contributed by atoms with Crippen LogP contribution in [0.4, 0.5) is 0 Å². The lowest BCUT2D eigenvalue weighted by molar-refractivity contribution is 0.0956. The van der Waals surface area contributed by atoms with Gasteiger partial charge in [-0.25, -0.2) is 10.4 Å². The van der Waals surface area contributed by atoms with Crippen LogP contribution in [0.15, 0.2) is 71.8 Å². The van der Waals surface area contributed by atoms with Gasteiger partial charge in [-0.2, -0.15) is 5.10 Å². The number of fused-ring (bicyclic) bond motifs is 2. The van der Waals surface area contributed by atoms with Gasteiger partial charge in [0.25, 0.3) is 5.91 Å². The maximum Gasteiger partial charge on any atom is 0.272 e. The Labute approximate surface area is 221 Å². The number of para-hydroxylation sites is 1. The van der Waals surface area contributed by atoms with Gasteiger partial charge in [-0.1, -0.05) is 53.6 Å². The lowest BCUT2D eigenvalue weighted by Crippen LogP contribution is -2.18. The largest absolute Gasteiger partial charge is 0.341 e. The van der Waals surface area contributed by atoms with Crippen LogP contribution >= 0.6 is 11.6 Å². The van der Waals surface area contributed by atoms with Crippen LogP contribution < -0.4 is 5.43 Å². The summed E-state index contributed by atoms with van der Waals surface area (Å²) in [5, 5.41) is 6.96. The standard InChI is InChI=1S/C31H29ClN4O/c1-18(2)36-21(5)27(24-8-6-7-20(4)30(24)36)17-33-35-31(37)26-16-29(22-10-12-23(32)13-11-22)34-28-14-9-19(3)15-25(26)28/h6-18H,1-5H3,(H,35,37)/b33-17+. The summed E-state index contributed by atoms with van der Waals surface area (Å²) in [7, 11) is 0. The van der Waals surface area contributed by atoms with E-state index in [1.807, 2.05) is 55.5 Å². The van der Waals surface area contributed by atoms with Crippen LogP contribution in [0.2, 0.25) is 5.02 Å². The highest BCUT2D eigenvalue weighted by Crippen LogP contribution is 2.30. The summed E-state index contributed by atoms with van der Waals surface area (Å²) in [5.74, 6) is -0.286. The van der Waals surface area contributed by atoms with Gasteiger partial charge in [0, 0.05) is 38.7 Å². The van der Waals surface area contributed by atoms with Crippen LogP contribution in [0.25, 0.3) is 33.1 Å². The Bertz CT molecular complexity index is 1680. The number of rotatable bonds is 5. The molecular weight excluding hydrogens is 480 g/mol. The molecule has 5 aromatic rings. The molecule has 37 heavy (non-hydrogen) atoms. The van der Waals surface area contributed by atoms with E-state index in [2.05, 4.69) is 61.0 Å². The number of amides is 1. The monoisotopic (exact) mass is 508 g/mol. The third-order valence-corrected chi connectivity index (χ3v) is 7.00. The molecular formula is C31H29ClN4O. The zero-order valence-corrected chi connectivity index (χ0v) is 22.4. The average Bonchev–Trinajstić information content (AvgIpc) is 3.16. The summed E-state index contributed by atoms with van der Waals surface area (Å²) in [6, 6.07) is 21.8. The molecule has 0 aliphatic carbocycles. The van der Waals surface area contributed by atoms with Gasteiger partial charge >= 0.3 is 0 Å². The molecule has 186 valence electrons. The van der Waals surface area contributed by atoms with Gasteiger partial charge in [-0.3, -0.25) is 4.79 Å². The third kappa shape index (κ3) is 4.63. The fourth-order valence-electron chi connectivity index (χ4n) is 5.01. The number of carbonyl (C=O) groups excluding carboxylic acids is 1. The minimum Gasteiger partial charge on any atom is -0.341 e. The summed E-state index contributed by atoms with van der Waals surface area (Å²) in [6.07, 6.45) is 1.75. The highest BCUT2D eigenvalue weighted by molar-refractivity contribution is 6.30. The maximum atomic E-state index is 13.4. The first-order valence-electron chi connectivity index (χ1n) is 12.4. The number of pyridine rings is 1. The van der Waals surface area contributed by atoms with Crippen LogP contribution in [-0.2, 0) is 0 Å². The molecule has 6 heteroatoms. The summed E-state index contributed by atoms with van der Waals surface area (Å²) >= 11 is 6.07. The number of nitrogens with one attached hydrogen (secondary N) is 1. The SMILES string of the molecule is Cc1ccc2nc(-c3ccc(Cl)cc3)cc(C(=O)N/N=C/c3c(C)n(C(C)C)c4c(C)cccc34)c2c1. The Kier molecular flexibility index (Phi) is 6.57. The molecule has 0 aliphatic rings. The Morgan fingerprint density at radius 2 is 1.76 bits per heavy atom. The smallest absolute Gasteiger partial charge is 0.272 e. The van der Waals surface area contributed by atoms with E-state index in [9.17, 15) is 4.79 Å². The van der Waals surface area contributed by atoms with Gasteiger partial charge in [0.05, 0.1) is 28.5 Å². The van der Waals surface area contributed by atoms with Gasteiger partial charge in [0.2, 0.25) is 0 Å². The summed E-state index contributed by atoms with van der Waals surface area (Å²) in [6.45, 7) is 10.6. The molecule has 2 heterocycles. The van der Waals surface area contributed by atoms with Crippen molar-refractivity contribution < 1.29 is 4.79 Å². The first-order valence-corrected chi connectivity index (χ1v) is 12.7. The number of benzene rings is 3. The molecule has 0 unspecified atom stereocenters. The molecule has 5 nitrogen and oxygen atoms in total. The molecule has 0 atom stereocenters. The van der Waals surface area contributed by atoms with Crippen molar-refractivity contribution in [1.82, 2.24) is 15.0 Å². The van der Waals surface area contributed by atoms with E-state index in [-0.39, 0.29) is 5.91 Å². The molecule has 0 aliphatic heterocycles. The van der Waals surface area contributed by atoms with Crippen LogP contribution in [-0.4, -0.2) is 21.7 Å². The molecule has 0 saturated heterocycles. The van der Waals surface area contributed by atoms with Crippen LogP contribution in [0.3, 0.4) is 0 Å². The van der Waals surface area contributed by atoms with Gasteiger partial charge in [-0.05, 0) is 70.5 Å². The summed E-state index contributed by atoms with van der Waals surface area (Å²) < 4.78 is 2.32. The molecule has 0 fully saturated rings. The van der Waals surface area contributed by atoms with Gasteiger partial charge in [-0.15, -0.1) is 0 Å². The Morgan fingerprint density at radius 3 is 2.49 bits per heavy atom. The molecule has 5 rings (SSSR count). The van der Waals surface area contributed by atoms with Crippen molar-refractivity contribution in [1.29, 1.82) is 0 Å². The minimum absolute atomic E-state index is 0.286. The molecule has 1 N–H and O–H groups in total. The zero-order valence-electron chi connectivity index (χ0n) is 21.6. The molecule has 0 radical (unpaired) electrons. The fraction of sp³-hybridized carbons (Fsp3) is 0.194. The van der Waals surface area contributed by atoms with Crippen LogP contribution in [0.5, 0.6) is 0 Å². The number of nitrogens with zero attached hydrogens (tertiary/aromatic N) is 3. The van der Waals surface area contributed by atoms with Gasteiger partial charge in [0.15, 0.2) is 0 Å². The van der Waals surface area contributed by atoms with E-state index in [0.29, 0.717) is 22.3 Å². The minimum atomic E-state index is -0.286. The highest BCUT2D eigenvalue weighted by Gasteiger charge is 2.17. The second-order valence-electron chi connectivity index (χ2n) is 9.72. The average molecular weight is 509 g/mol. The predicted molar refractivity (Wildman–Crippen MR) is 154 cm³/mol. The predicted octanol–water partition coefficient (Wildman–Crippen LogP) is 7.78. The molecule has 1 amide bonds. The number of carbonyl (C=O) groups is 1. The number of hydrogen-bond acceptors (Lipinski definition) is 3. The van der Waals surface area contributed by atoms with Gasteiger partial charge in [0.1, 0.15) is 0 Å². The molecule has 3 aromatic carbocycles. The molecule has 0 bridgehead atoms. The summed E-state index contributed by atoms with van der Waals surface area (Å²) in [5.41, 5.74) is 11.2. The lowest BCUT2D eigenvalue weighted by atomic mass is 10.0. The third-order valence-electron chi connectivity index (χ3n) is 6.74. The van der Waals surface area contributed by atoms with E-state index in [1.54, 1.807) is 6.21 Å². The second-order valence-corrected chi connectivity index (χ2v) is 10.2. The topological polar surface area (TPSA) is 59.3 Å². The Morgan fingerprint density at radius 1 is 1.00 bits per heavy atom. The molecule has 0 spiro atoms. The Balaban J connectivity index is 1.53. The maximum absolute atomic E-state index is 13.4. The van der Waals surface area contributed by atoms with E-state index < -0.39 is 0 Å². The number of halogens is 1. The number of hydrogen-bond donors (Lipinski definition) is 1. The van der Waals surface area contributed by atoms with Crippen molar-refractivity contribution >= 4 is 45.5 Å².